The molecular formula is C12H14OSe. The molecule has 0 fully saturated rings. The van der Waals surface area contributed by atoms with Crippen molar-refractivity contribution in [1.82, 2.24) is 0 Å². The maximum atomic E-state index is 10.1. The molecule has 0 unspecified atom stereocenters. The molecule has 0 aliphatic carbocycles. The third-order valence-corrected chi connectivity index (χ3v) is 5.37. The summed E-state index contributed by atoms with van der Waals surface area (Å²) in [6.07, 6.45) is 0. The Bertz CT molecular complexity index is 509. The number of aromatic hydroxyl groups is 1. The van der Waals surface area contributed by atoms with Crippen LogP contribution in [0.3, 0.4) is 0 Å². The second-order valence-corrected chi connectivity index (χ2v) is 6.46. The molecule has 0 aliphatic rings. The summed E-state index contributed by atoms with van der Waals surface area (Å²) in [6, 6.07) is 2.23. The first-order valence-corrected chi connectivity index (χ1v) is 6.42. The summed E-state index contributed by atoms with van der Waals surface area (Å²) in [5, 5.41) is 11.2. The van der Waals surface area contributed by atoms with Crippen molar-refractivity contribution >= 4 is 24.1 Å². The summed E-state index contributed by atoms with van der Waals surface area (Å²) < 4.78 is 2.78. The fourth-order valence-corrected chi connectivity index (χ4v) is 4.19. The molecule has 2 heteroatoms. The molecule has 0 aliphatic heterocycles. The third kappa shape index (κ3) is 1.22. The van der Waals surface area contributed by atoms with Gasteiger partial charge in [0.15, 0.2) is 0 Å². The topological polar surface area (TPSA) is 20.2 Å². The van der Waals surface area contributed by atoms with Crippen LogP contribution in [0.1, 0.15) is 21.1 Å². The fraction of sp³-hybridized carbons (Fsp3) is 0.333. The summed E-state index contributed by atoms with van der Waals surface area (Å²) in [6.45, 7) is 8.32. The molecular weight excluding hydrogens is 239 g/mol. The molecule has 2 rings (SSSR count). The molecule has 0 amide bonds. The van der Waals surface area contributed by atoms with E-state index in [-0.39, 0.29) is 0 Å². The van der Waals surface area contributed by atoms with Gasteiger partial charge in [0.05, 0.1) is 0 Å². The second-order valence-electron chi connectivity index (χ2n) is 3.82. The van der Waals surface area contributed by atoms with Crippen LogP contribution in [0.4, 0.5) is 0 Å². The molecule has 1 nitrogen and oxygen atoms in total. The van der Waals surface area contributed by atoms with Crippen LogP contribution in [0.5, 0.6) is 5.75 Å². The number of hydrogen-bond acceptors (Lipinski definition) is 1. The summed E-state index contributed by atoms with van der Waals surface area (Å²) >= 11 is 0.426. The van der Waals surface area contributed by atoms with E-state index in [1.807, 2.05) is 6.92 Å². The van der Waals surface area contributed by atoms with E-state index >= 15 is 0 Å². The van der Waals surface area contributed by atoms with Crippen molar-refractivity contribution in [3.63, 3.8) is 0 Å². The normalized spacial score (nSPS) is 11.1. The van der Waals surface area contributed by atoms with E-state index in [9.17, 15) is 5.11 Å². The number of hydrogen-bond donors (Lipinski definition) is 1. The van der Waals surface area contributed by atoms with Gasteiger partial charge in [0, 0.05) is 0 Å². The summed E-state index contributed by atoms with van der Waals surface area (Å²) in [4.78, 5) is 0. The Hall–Kier alpha value is -0.721. The van der Waals surface area contributed by atoms with Crippen LogP contribution in [-0.4, -0.2) is 19.6 Å². The van der Waals surface area contributed by atoms with Crippen molar-refractivity contribution in [1.29, 1.82) is 0 Å². The molecule has 1 heterocycles. The Morgan fingerprint density at radius 1 is 1.07 bits per heavy atom. The first kappa shape index (κ1) is 9.82. The van der Waals surface area contributed by atoms with Crippen LogP contribution < -0.4 is 0 Å². The van der Waals surface area contributed by atoms with E-state index in [0.717, 1.165) is 10.9 Å². The summed E-state index contributed by atoms with van der Waals surface area (Å²) in [5.74, 6) is 0.497. The van der Waals surface area contributed by atoms with E-state index in [2.05, 4.69) is 26.8 Å². The van der Waals surface area contributed by atoms with Gasteiger partial charge in [0.25, 0.3) is 0 Å². The Kier molecular flexibility index (Phi) is 2.21. The van der Waals surface area contributed by atoms with Crippen molar-refractivity contribution in [2.45, 2.75) is 27.7 Å². The predicted octanol–water partition coefficient (Wildman–Crippen LogP) is 2.84. The van der Waals surface area contributed by atoms with Crippen LogP contribution >= 0.6 is 0 Å². The zero-order chi connectivity index (χ0) is 10.5. The molecule has 1 aromatic carbocycles. The van der Waals surface area contributed by atoms with Crippen molar-refractivity contribution in [2.75, 3.05) is 0 Å². The zero-order valence-corrected chi connectivity index (χ0v) is 10.6. The van der Waals surface area contributed by atoms with Gasteiger partial charge in [-0.05, 0) is 0 Å². The molecule has 0 saturated heterocycles. The van der Waals surface area contributed by atoms with Gasteiger partial charge in [-0.3, -0.25) is 0 Å². The molecule has 14 heavy (non-hydrogen) atoms. The molecule has 74 valence electrons. The van der Waals surface area contributed by atoms with E-state index in [1.54, 1.807) is 0 Å². The van der Waals surface area contributed by atoms with Gasteiger partial charge in [-0.2, -0.15) is 0 Å². The fourth-order valence-electron chi connectivity index (χ4n) is 1.73. The van der Waals surface area contributed by atoms with Crippen molar-refractivity contribution < 1.29 is 5.11 Å². The number of phenols is 1. The first-order valence-electron chi connectivity index (χ1n) is 4.71. The number of benzene rings is 1. The molecule has 0 radical (unpaired) electrons. The Balaban J connectivity index is 2.99. The van der Waals surface area contributed by atoms with Crippen molar-refractivity contribution in [2.24, 2.45) is 0 Å². The first-order chi connectivity index (χ1) is 6.52. The van der Waals surface area contributed by atoms with Crippen LogP contribution in [0.25, 0.3) is 9.65 Å². The average Bonchev–Trinajstić information content (AvgIpc) is 2.39. The van der Waals surface area contributed by atoms with Gasteiger partial charge in [-0.15, -0.1) is 0 Å². The minimum absolute atomic E-state index is 0.426. The quantitative estimate of drug-likeness (QED) is 0.716. The molecule has 1 aromatic heterocycles. The summed E-state index contributed by atoms with van der Waals surface area (Å²) in [7, 11) is 0. The Morgan fingerprint density at radius 3 is 2.36 bits per heavy atom. The van der Waals surface area contributed by atoms with E-state index < -0.39 is 0 Å². The Morgan fingerprint density at radius 2 is 1.71 bits per heavy atom. The van der Waals surface area contributed by atoms with Crippen LogP contribution in [0.2, 0.25) is 0 Å². The van der Waals surface area contributed by atoms with Crippen molar-refractivity contribution in [3.05, 3.63) is 27.2 Å². The molecule has 0 spiro atoms. The second kappa shape index (κ2) is 3.15. The van der Waals surface area contributed by atoms with E-state index in [0.29, 0.717) is 20.3 Å². The molecule has 0 saturated carbocycles. The predicted molar refractivity (Wildman–Crippen MR) is 61.5 cm³/mol. The number of fused-ring (bicyclic) bond motifs is 1. The van der Waals surface area contributed by atoms with Gasteiger partial charge >= 0.3 is 89.9 Å². The Labute approximate surface area is 90.1 Å². The minimum atomic E-state index is 0.426. The third-order valence-electron chi connectivity index (χ3n) is 2.94. The number of aryl methyl sites for hydroxylation is 3. The number of phenolic OH excluding ortho intramolecular Hbond substituents is 1. The van der Waals surface area contributed by atoms with Gasteiger partial charge in [0.2, 0.25) is 0 Å². The van der Waals surface area contributed by atoms with Gasteiger partial charge < -0.3 is 0 Å². The molecule has 1 N–H and O–H groups in total. The molecule has 0 bridgehead atoms. The maximum absolute atomic E-state index is 10.1. The zero-order valence-electron chi connectivity index (χ0n) is 8.93. The standard InChI is InChI=1S/C12H14OSe/c1-6-5-10-11(12(13)7(6)2)8(3)9(4)14-10/h5,13H,1-4H3. The van der Waals surface area contributed by atoms with Crippen LogP contribution in [0.15, 0.2) is 6.07 Å². The molecule has 0 atom stereocenters. The van der Waals surface area contributed by atoms with Crippen LogP contribution in [0, 0.1) is 27.7 Å². The van der Waals surface area contributed by atoms with Gasteiger partial charge in [-0.1, -0.05) is 0 Å². The average molecular weight is 253 g/mol. The molecule has 2 aromatic rings. The van der Waals surface area contributed by atoms with Crippen molar-refractivity contribution in [3.8, 4) is 5.75 Å². The van der Waals surface area contributed by atoms with E-state index in [4.69, 9.17) is 0 Å². The number of rotatable bonds is 0. The van der Waals surface area contributed by atoms with Gasteiger partial charge in [-0.25, -0.2) is 0 Å². The van der Waals surface area contributed by atoms with Gasteiger partial charge in [0.1, 0.15) is 0 Å². The van der Waals surface area contributed by atoms with E-state index in [1.165, 1.54) is 19.8 Å². The summed E-state index contributed by atoms with van der Waals surface area (Å²) in [5.41, 5.74) is 3.50. The monoisotopic (exact) mass is 254 g/mol. The SMILES string of the molecule is Cc1cc2[se]c(C)c(C)c2c(O)c1C. The van der Waals surface area contributed by atoms with Crippen LogP contribution in [-0.2, 0) is 0 Å².